The van der Waals surface area contributed by atoms with E-state index < -0.39 is 41.7 Å². The molecule has 410 valence electrons. The summed E-state index contributed by atoms with van der Waals surface area (Å²) in [5, 5.41) is 12.0. The van der Waals surface area contributed by atoms with Gasteiger partial charge in [0.2, 0.25) is 29.5 Å². The first-order valence-electron chi connectivity index (χ1n) is 26.3. The Bertz CT molecular complexity index is 2140. The Morgan fingerprint density at radius 1 is 0.865 bits per heavy atom. The number of aromatic nitrogens is 1. The number of nitrogens with one attached hydrogen (secondary N) is 3. The first-order valence-corrected chi connectivity index (χ1v) is 27.2. The standard InChI is InChI=1S/C54H81N7O12S/c1-9-37(4)48(42(69-7)35-46(65)60-25-15-18-41(60)49(70-8)38(5)50(66)56-40(51-55-24-33-74-51)34-39-16-11-10-12-17-39)59(6)52(67)47(36(2)3)57-53(68)54(22-13-14-23-54)58-43(62)21-27-71-29-31-73-32-30-72-28-26-61-44(63)19-20-45(61)64/h10-12,16-17,19-20,24,33,36-38,40-42,47-49H,9,13-15,18,21-23,25-32,34-35H2,1-8H3,(H,56,66)(H,57,68)(H,58,62)/t37-,38+,40-,41-,42+,47-,48-,49+/m0/s1. The number of benzene rings is 1. The number of carbonyl (C=O) groups is 7. The van der Waals surface area contributed by atoms with Crippen LogP contribution in [0, 0.1) is 17.8 Å². The van der Waals surface area contributed by atoms with E-state index in [9.17, 15) is 33.6 Å². The third-order valence-corrected chi connectivity index (χ3v) is 15.6. The van der Waals surface area contributed by atoms with Crippen LogP contribution in [0.3, 0.4) is 0 Å². The highest BCUT2D eigenvalue weighted by atomic mass is 32.1. The Kier molecular flexibility index (Phi) is 24.1. The minimum Gasteiger partial charge on any atom is -0.379 e. The van der Waals surface area contributed by atoms with Crippen LogP contribution in [0.5, 0.6) is 0 Å². The van der Waals surface area contributed by atoms with Crippen LogP contribution in [-0.2, 0) is 63.7 Å². The number of rotatable bonds is 32. The highest BCUT2D eigenvalue weighted by molar-refractivity contribution is 7.09. The molecule has 2 aromatic rings. The normalized spacial score (nSPS) is 19.2. The van der Waals surface area contributed by atoms with E-state index in [0.717, 1.165) is 34.7 Å². The molecule has 74 heavy (non-hydrogen) atoms. The van der Waals surface area contributed by atoms with E-state index in [1.807, 2.05) is 75.2 Å². The number of imide groups is 1. The second-order valence-corrected chi connectivity index (χ2v) is 20.9. The summed E-state index contributed by atoms with van der Waals surface area (Å²) < 4.78 is 28.8. The van der Waals surface area contributed by atoms with Gasteiger partial charge in [-0.15, -0.1) is 11.3 Å². The summed E-state index contributed by atoms with van der Waals surface area (Å²) >= 11 is 1.49. The van der Waals surface area contributed by atoms with Crippen molar-refractivity contribution in [2.45, 2.75) is 141 Å². The molecule has 0 spiro atoms. The third-order valence-electron chi connectivity index (χ3n) is 14.7. The lowest BCUT2D eigenvalue weighted by Gasteiger charge is -2.41. The van der Waals surface area contributed by atoms with Crippen molar-refractivity contribution in [1.82, 2.24) is 35.6 Å². The van der Waals surface area contributed by atoms with Gasteiger partial charge >= 0.3 is 0 Å². The third kappa shape index (κ3) is 16.4. The topological polar surface area (TPSA) is 224 Å². The lowest BCUT2D eigenvalue weighted by atomic mass is 9.89. The summed E-state index contributed by atoms with van der Waals surface area (Å²) in [5.74, 6) is -3.18. The molecule has 3 N–H and O–H groups in total. The highest BCUT2D eigenvalue weighted by Gasteiger charge is 2.46. The van der Waals surface area contributed by atoms with Crippen LogP contribution in [0.25, 0.3) is 0 Å². The number of hydrogen-bond donors (Lipinski definition) is 3. The molecule has 19 nitrogen and oxygen atoms in total. The molecule has 2 fully saturated rings. The second kappa shape index (κ2) is 29.8. The SMILES string of the molecule is CC[C@H](C)[C@@H]([C@@H](CC(=O)N1CCC[C@H]1[C@H](OC)[C@@H](C)C(=O)N[C@@H](Cc1ccccc1)c1nccs1)OC)N(C)C(=O)[C@@H](NC(=O)C1(NC(=O)CCOCCOCCOCCN2C(=O)C=CC2=O)CCCC1)C(C)C. The van der Waals surface area contributed by atoms with E-state index >= 15 is 0 Å². The fraction of sp³-hybridized carbons (Fsp3) is 0.667. The van der Waals surface area contributed by atoms with E-state index in [2.05, 4.69) is 20.9 Å². The van der Waals surface area contributed by atoms with Gasteiger partial charge in [0.05, 0.1) is 88.9 Å². The van der Waals surface area contributed by atoms with Gasteiger partial charge in [0.1, 0.15) is 16.6 Å². The molecule has 7 amide bonds. The fourth-order valence-electron chi connectivity index (χ4n) is 10.3. The maximum absolute atomic E-state index is 14.7. The Morgan fingerprint density at radius 2 is 1.51 bits per heavy atom. The van der Waals surface area contributed by atoms with E-state index in [4.69, 9.17) is 23.7 Å². The smallest absolute Gasteiger partial charge is 0.253 e. The lowest BCUT2D eigenvalue weighted by Crippen LogP contribution is -2.63. The Balaban J connectivity index is 1.14. The molecule has 0 radical (unpaired) electrons. The van der Waals surface area contributed by atoms with Crippen LogP contribution in [0.2, 0.25) is 0 Å². The van der Waals surface area contributed by atoms with Gasteiger partial charge in [-0.2, -0.15) is 0 Å². The molecule has 0 bridgehead atoms. The Hall–Kier alpha value is -5.12. The minimum atomic E-state index is -1.19. The van der Waals surface area contributed by atoms with E-state index in [0.29, 0.717) is 38.6 Å². The maximum atomic E-state index is 14.7. The molecule has 8 atom stereocenters. The van der Waals surface area contributed by atoms with Crippen molar-refractivity contribution >= 4 is 52.7 Å². The lowest BCUT2D eigenvalue weighted by molar-refractivity contribution is -0.148. The van der Waals surface area contributed by atoms with Crippen molar-refractivity contribution in [3.05, 3.63) is 64.6 Å². The quantitative estimate of drug-likeness (QED) is 0.0684. The molecule has 1 aromatic carbocycles. The number of nitrogens with zero attached hydrogens (tertiary/aromatic N) is 4. The summed E-state index contributed by atoms with van der Waals surface area (Å²) in [6, 6.07) is 7.76. The van der Waals surface area contributed by atoms with Crippen molar-refractivity contribution in [3.8, 4) is 0 Å². The average Bonchev–Trinajstić information content (AvgIpc) is 4.25. The van der Waals surface area contributed by atoms with Gasteiger partial charge < -0.3 is 49.4 Å². The number of methoxy groups -OCH3 is 2. The van der Waals surface area contributed by atoms with Crippen molar-refractivity contribution < 1.29 is 57.2 Å². The zero-order valence-corrected chi connectivity index (χ0v) is 45.5. The van der Waals surface area contributed by atoms with Gasteiger partial charge in [0.15, 0.2) is 0 Å². The molecular weight excluding hydrogens is 971 g/mol. The van der Waals surface area contributed by atoms with Gasteiger partial charge in [0, 0.05) is 58.0 Å². The van der Waals surface area contributed by atoms with E-state index in [-0.39, 0.29) is 118 Å². The Morgan fingerprint density at radius 3 is 2.11 bits per heavy atom. The van der Waals surface area contributed by atoms with Crippen molar-refractivity contribution in [2.75, 3.05) is 74.0 Å². The number of ether oxygens (including phenoxy) is 5. The molecule has 1 aliphatic carbocycles. The molecule has 1 saturated heterocycles. The number of carbonyl (C=O) groups excluding carboxylic acids is 7. The largest absolute Gasteiger partial charge is 0.379 e. The monoisotopic (exact) mass is 1050 g/mol. The van der Waals surface area contributed by atoms with Crippen LogP contribution < -0.4 is 16.0 Å². The molecule has 20 heteroatoms. The predicted octanol–water partition coefficient (Wildman–Crippen LogP) is 4.40. The van der Waals surface area contributed by atoms with Gasteiger partial charge in [0.25, 0.3) is 11.8 Å². The predicted molar refractivity (Wildman–Crippen MR) is 278 cm³/mol. The summed E-state index contributed by atoms with van der Waals surface area (Å²) in [5.41, 5.74) is -0.119. The molecule has 2 aliphatic heterocycles. The van der Waals surface area contributed by atoms with Crippen LogP contribution in [0.4, 0.5) is 0 Å². The zero-order chi connectivity index (χ0) is 53.8. The molecule has 5 rings (SSSR count). The van der Waals surface area contributed by atoms with Gasteiger partial charge in [-0.1, -0.05) is 84.2 Å². The molecule has 1 aromatic heterocycles. The summed E-state index contributed by atoms with van der Waals surface area (Å²) in [6.07, 6.45) is 7.85. The van der Waals surface area contributed by atoms with Crippen molar-refractivity contribution in [3.63, 3.8) is 0 Å². The van der Waals surface area contributed by atoms with E-state index in [1.165, 1.54) is 23.5 Å². The molecule has 3 heterocycles. The number of amides is 7. The first-order chi connectivity index (χ1) is 35.5. The number of hydrogen-bond acceptors (Lipinski definition) is 14. The van der Waals surface area contributed by atoms with Crippen LogP contribution in [0.15, 0.2) is 54.1 Å². The second-order valence-electron chi connectivity index (χ2n) is 20.0. The van der Waals surface area contributed by atoms with Crippen LogP contribution in [0.1, 0.15) is 109 Å². The minimum absolute atomic E-state index is 0.0199. The van der Waals surface area contributed by atoms with Gasteiger partial charge in [-0.3, -0.25) is 38.5 Å². The summed E-state index contributed by atoms with van der Waals surface area (Å²) in [6.45, 7) is 11.6. The summed E-state index contributed by atoms with van der Waals surface area (Å²) in [4.78, 5) is 103. The van der Waals surface area contributed by atoms with Crippen molar-refractivity contribution in [1.29, 1.82) is 0 Å². The Labute approximate surface area is 441 Å². The van der Waals surface area contributed by atoms with Crippen molar-refractivity contribution in [2.24, 2.45) is 17.8 Å². The maximum Gasteiger partial charge on any atom is 0.253 e. The molecule has 3 aliphatic rings. The molecule has 1 saturated carbocycles. The van der Waals surface area contributed by atoms with Gasteiger partial charge in [-0.25, -0.2) is 4.98 Å². The van der Waals surface area contributed by atoms with Gasteiger partial charge in [-0.05, 0) is 49.5 Å². The number of thiazole rings is 1. The molecular formula is C54H81N7O12S. The van der Waals surface area contributed by atoms with Crippen LogP contribution in [-0.4, -0.2) is 171 Å². The highest BCUT2D eigenvalue weighted by Crippen LogP contribution is 2.33. The first kappa shape index (κ1) is 59.8. The number of likely N-dealkylation sites (tertiary alicyclic amines) is 1. The van der Waals surface area contributed by atoms with E-state index in [1.54, 1.807) is 32.4 Å². The molecule has 0 unspecified atom stereocenters. The number of likely N-dealkylation sites (N-methyl/N-ethyl adjacent to an activating group) is 1. The van der Waals surface area contributed by atoms with Crippen LogP contribution >= 0.6 is 11.3 Å². The average molecular weight is 1050 g/mol. The summed E-state index contributed by atoms with van der Waals surface area (Å²) in [7, 11) is 4.82. The zero-order valence-electron chi connectivity index (χ0n) is 44.7. The fourth-order valence-corrected chi connectivity index (χ4v) is 11.0.